The summed E-state index contributed by atoms with van der Waals surface area (Å²) in [7, 11) is 0. The van der Waals surface area contributed by atoms with E-state index in [1.807, 2.05) is 17.7 Å². The summed E-state index contributed by atoms with van der Waals surface area (Å²) in [4.78, 5) is 15.1. The van der Waals surface area contributed by atoms with E-state index in [0.29, 0.717) is 13.0 Å². The molecule has 1 amide bonds. The van der Waals surface area contributed by atoms with Gasteiger partial charge in [0.2, 0.25) is 5.91 Å². The lowest BCUT2D eigenvalue weighted by atomic mass is 9.86. The number of halogens is 2. The zero-order valence-electron chi connectivity index (χ0n) is 16.7. The number of rotatable bonds is 7. The van der Waals surface area contributed by atoms with Crippen molar-refractivity contribution in [1.29, 1.82) is 0 Å². The standard InChI is InChI=1S/C22H27F2NOS2/c1-5-17(23)8-6-7-13-28-22(2,3)16-9-12-21(26)25(15-16)19-11-10-18(24)14-20(19)27-4/h5-8,10-11,13-14,16H,9,12,15H2,1-4H3/b8-6-,13-7+,17-5+/t16-/m1/s1. The van der Waals surface area contributed by atoms with Gasteiger partial charge in [-0.1, -0.05) is 32.1 Å². The Hall–Kier alpha value is -1.53. The van der Waals surface area contributed by atoms with Gasteiger partial charge in [0.15, 0.2) is 0 Å². The first-order valence-electron chi connectivity index (χ1n) is 9.25. The van der Waals surface area contributed by atoms with E-state index in [2.05, 4.69) is 13.8 Å². The van der Waals surface area contributed by atoms with Crippen LogP contribution < -0.4 is 4.90 Å². The highest BCUT2D eigenvalue weighted by atomic mass is 32.2. The molecule has 0 radical (unpaired) electrons. The molecule has 1 aliphatic heterocycles. The van der Waals surface area contributed by atoms with Gasteiger partial charge in [0.1, 0.15) is 11.6 Å². The van der Waals surface area contributed by atoms with Crippen molar-refractivity contribution >= 4 is 35.1 Å². The van der Waals surface area contributed by atoms with Crippen LogP contribution in [0.25, 0.3) is 0 Å². The molecule has 1 atom stereocenters. The summed E-state index contributed by atoms with van der Waals surface area (Å²) < 4.78 is 26.6. The molecule has 28 heavy (non-hydrogen) atoms. The van der Waals surface area contributed by atoms with Crippen LogP contribution in [-0.2, 0) is 4.79 Å². The van der Waals surface area contributed by atoms with Crippen LogP contribution in [0.5, 0.6) is 0 Å². The SMILES string of the molecule is C\C=C(F)/C=C\C=C\SC(C)(C)[C@@H]1CCC(=O)N(c2ccc(F)cc2SC)C1. The highest BCUT2D eigenvalue weighted by Crippen LogP contribution is 2.41. The fourth-order valence-electron chi connectivity index (χ4n) is 3.12. The Bertz CT molecular complexity index is 787. The van der Waals surface area contributed by atoms with Crippen molar-refractivity contribution in [2.75, 3.05) is 17.7 Å². The molecule has 1 fully saturated rings. The third-order valence-corrected chi connectivity index (χ3v) is 6.92. The predicted molar refractivity (Wildman–Crippen MR) is 118 cm³/mol. The Morgan fingerprint density at radius 2 is 2.07 bits per heavy atom. The maximum Gasteiger partial charge on any atom is 0.227 e. The molecule has 2 nitrogen and oxygen atoms in total. The average Bonchev–Trinajstić information content (AvgIpc) is 2.67. The molecule has 152 valence electrons. The highest BCUT2D eigenvalue weighted by molar-refractivity contribution is 8.03. The molecule has 0 N–H and O–H groups in total. The largest absolute Gasteiger partial charge is 0.311 e. The molecule has 2 rings (SSSR count). The highest BCUT2D eigenvalue weighted by Gasteiger charge is 2.37. The Morgan fingerprint density at radius 1 is 1.32 bits per heavy atom. The molecule has 0 aliphatic carbocycles. The quantitative estimate of drug-likeness (QED) is 0.357. The lowest BCUT2D eigenvalue weighted by Gasteiger charge is -2.41. The zero-order chi connectivity index (χ0) is 20.7. The number of benzene rings is 1. The number of hydrogen-bond donors (Lipinski definition) is 0. The minimum absolute atomic E-state index is 0.0826. The Morgan fingerprint density at radius 3 is 2.75 bits per heavy atom. The monoisotopic (exact) mass is 423 g/mol. The van der Waals surface area contributed by atoms with E-state index in [0.717, 1.165) is 17.0 Å². The van der Waals surface area contributed by atoms with Gasteiger partial charge in [-0.2, -0.15) is 0 Å². The molecule has 0 unspecified atom stereocenters. The number of piperidine rings is 1. The minimum Gasteiger partial charge on any atom is -0.311 e. The fraction of sp³-hybridized carbons (Fsp3) is 0.409. The van der Waals surface area contributed by atoms with Crippen molar-refractivity contribution in [3.05, 3.63) is 59.6 Å². The summed E-state index contributed by atoms with van der Waals surface area (Å²) in [5, 5.41) is 1.96. The van der Waals surface area contributed by atoms with Gasteiger partial charge in [0.25, 0.3) is 0 Å². The normalized spacial score (nSPS) is 19.2. The van der Waals surface area contributed by atoms with E-state index >= 15 is 0 Å². The third kappa shape index (κ3) is 5.98. The lowest BCUT2D eigenvalue weighted by molar-refractivity contribution is -0.120. The van der Waals surface area contributed by atoms with Crippen molar-refractivity contribution in [3.8, 4) is 0 Å². The number of anilines is 1. The minimum atomic E-state index is -0.294. The predicted octanol–water partition coefficient (Wildman–Crippen LogP) is 6.75. The number of nitrogens with zero attached hydrogens (tertiary/aromatic N) is 1. The molecule has 0 spiro atoms. The van der Waals surface area contributed by atoms with Gasteiger partial charge in [0, 0.05) is 22.6 Å². The molecule has 1 heterocycles. The summed E-state index contributed by atoms with van der Waals surface area (Å²) >= 11 is 3.12. The Kier molecular flexibility index (Phi) is 8.38. The van der Waals surface area contributed by atoms with E-state index in [9.17, 15) is 13.6 Å². The summed E-state index contributed by atoms with van der Waals surface area (Å²) in [6, 6.07) is 4.59. The maximum atomic E-state index is 13.6. The van der Waals surface area contributed by atoms with Gasteiger partial charge in [0.05, 0.1) is 5.69 Å². The van der Waals surface area contributed by atoms with E-state index < -0.39 is 0 Å². The topological polar surface area (TPSA) is 20.3 Å². The van der Waals surface area contributed by atoms with Crippen LogP contribution in [0.1, 0.15) is 33.6 Å². The van der Waals surface area contributed by atoms with E-state index in [1.165, 1.54) is 36.0 Å². The lowest BCUT2D eigenvalue weighted by Crippen LogP contribution is -2.46. The summed E-state index contributed by atoms with van der Waals surface area (Å²) in [6.07, 6.45) is 9.53. The van der Waals surface area contributed by atoms with E-state index in [1.54, 1.807) is 35.7 Å². The Balaban J connectivity index is 2.11. The molecule has 0 saturated carbocycles. The molecule has 0 bridgehead atoms. The van der Waals surface area contributed by atoms with Crippen LogP contribution in [0.15, 0.2) is 58.6 Å². The van der Waals surface area contributed by atoms with Gasteiger partial charge in [-0.25, -0.2) is 8.78 Å². The van der Waals surface area contributed by atoms with Crippen LogP contribution in [0.3, 0.4) is 0 Å². The van der Waals surface area contributed by atoms with E-state index in [4.69, 9.17) is 0 Å². The number of amides is 1. The molecular weight excluding hydrogens is 396 g/mol. The second kappa shape index (κ2) is 10.3. The van der Waals surface area contributed by atoms with Crippen LogP contribution in [0.2, 0.25) is 0 Å². The van der Waals surface area contributed by atoms with Gasteiger partial charge in [-0.05, 0) is 55.2 Å². The molecule has 1 aliphatic rings. The first-order valence-corrected chi connectivity index (χ1v) is 11.4. The van der Waals surface area contributed by atoms with Gasteiger partial charge < -0.3 is 4.90 Å². The number of thioether (sulfide) groups is 2. The summed E-state index contributed by atoms with van der Waals surface area (Å²) in [5.74, 6) is -0.188. The molecule has 1 aromatic rings. The van der Waals surface area contributed by atoms with Crippen LogP contribution >= 0.6 is 23.5 Å². The number of carbonyl (C=O) groups is 1. The molecule has 1 saturated heterocycles. The first kappa shape index (κ1) is 22.8. The van der Waals surface area contributed by atoms with Crippen molar-refractivity contribution in [1.82, 2.24) is 0 Å². The van der Waals surface area contributed by atoms with Crippen molar-refractivity contribution in [3.63, 3.8) is 0 Å². The summed E-state index contributed by atoms with van der Waals surface area (Å²) in [6.45, 7) is 6.59. The maximum absolute atomic E-state index is 13.6. The first-order chi connectivity index (χ1) is 13.3. The molecule has 6 heteroatoms. The second-order valence-electron chi connectivity index (χ2n) is 7.14. The third-order valence-electron chi connectivity index (χ3n) is 4.92. The van der Waals surface area contributed by atoms with Crippen molar-refractivity contribution in [2.45, 2.75) is 43.3 Å². The van der Waals surface area contributed by atoms with Crippen LogP contribution in [0, 0.1) is 11.7 Å². The van der Waals surface area contributed by atoms with Gasteiger partial charge in [-0.15, -0.1) is 23.5 Å². The number of allylic oxidation sites excluding steroid dienone is 5. The second-order valence-corrected chi connectivity index (χ2v) is 9.55. The average molecular weight is 424 g/mol. The van der Waals surface area contributed by atoms with Crippen molar-refractivity contribution < 1.29 is 13.6 Å². The smallest absolute Gasteiger partial charge is 0.227 e. The summed E-state index contributed by atoms with van der Waals surface area (Å²) in [5.41, 5.74) is 0.782. The fourth-order valence-corrected chi connectivity index (χ4v) is 4.64. The molecular formula is C22H27F2NOS2. The molecule has 1 aromatic carbocycles. The Labute approximate surface area is 175 Å². The zero-order valence-corrected chi connectivity index (χ0v) is 18.4. The van der Waals surface area contributed by atoms with Crippen molar-refractivity contribution in [2.24, 2.45) is 5.92 Å². The van der Waals surface area contributed by atoms with Gasteiger partial charge in [-0.3, -0.25) is 4.79 Å². The van der Waals surface area contributed by atoms with Crippen LogP contribution in [0.4, 0.5) is 14.5 Å². The van der Waals surface area contributed by atoms with E-state index in [-0.39, 0.29) is 28.2 Å². The molecule has 0 aromatic heterocycles. The number of hydrogen-bond acceptors (Lipinski definition) is 3. The number of carbonyl (C=O) groups excluding carboxylic acids is 1. The van der Waals surface area contributed by atoms with Gasteiger partial charge >= 0.3 is 0 Å². The van der Waals surface area contributed by atoms with Crippen LogP contribution in [-0.4, -0.2) is 23.5 Å².